The molecule has 0 saturated heterocycles. The van der Waals surface area contributed by atoms with E-state index in [1.165, 1.54) is 0 Å². The highest BCUT2D eigenvalue weighted by Gasteiger charge is 0.636. The van der Waals surface area contributed by atoms with Gasteiger partial charge in [-0.2, -0.15) is 0 Å². The highest BCUT2D eigenvalue weighted by atomic mass is 35.5. The van der Waals surface area contributed by atoms with Crippen molar-refractivity contribution in [3.8, 4) is 0 Å². The molecule has 0 amide bonds. The van der Waals surface area contributed by atoms with Gasteiger partial charge >= 0.3 is 0 Å². The molecule has 0 unspecified atom stereocenters. The zero-order chi connectivity index (χ0) is 2.00. The van der Waals surface area contributed by atoms with Gasteiger partial charge in [-0.25, -0.2) is 0 Å². The monoisotopic (exact) mass is 102 g/mol. The fourth-order valence-corrected chi connectivity index (χ4v) is 0. The average molecular weight is 103 g/mol. The van der Waals surface area contributed by atoms with Crippen LogP contribution in [0, 0.1) is 0 Å². The Labute approximate surface area is 37.2 Å². The van der Waals surface area contributed by atoms with Crippen molar-refractivity contribution in [1.82, 2.24) is 0 Å². The second kappa shape index (κ2) is 263. The third-order valence-corrected chi connectivity index (χ3v) is 0. The van der Waals surface area contributed by atoms with Crippen LogP contribution in [0.4, 0.5) is 0 Å². The summed E-state index contributed by atoms with van der Waals surface area (Å²) >= 11 is 0. The molecule has 0 aliphatic heterocycles. The van der Waals surface area contributed by atoms with Crippen molar-refractivity contribution in [3.63, 3.8) is 0 Å². The second-order valence-corrected chi connectivity index (χ2v) is 0. The fraction of sp³-hybridized carbons (Fsp3) is 0. The van der Waals surface area contributed by atoms with E-state index in [0.717, 1.165) is 0 Å². The van der Waals surface area contributed by atoms with E-state index in [9.17, 15) is 0 Å². The van der Waals surface area contributed by atoms with Crippen molar-refractivity contribution in [3.05, 3.63) is 0 Å². The Kier molecular flexibility index (Phi) is 1890. The van der Waals surface area contributed by atoms with Gasteiger partial charge in [0.15, 0.2) is 0 Å². The largest absolute Gasteiger partial charge is 0.307 e. The molecule has 0 radical (unpaired) electrons. The van der Waals surface area contributed by atoms with Crippen molar-refractivity contribution in [2.24, 2.45) is 0 Å². The molecule has 0 aromatic rings. The number of hydrogen-bond acceptors (Lipinski definition) is 1. The molecule has 0 saturated carbocycles. The molecule has 0 aliphatic carbocycles. The lowest BCUT2D eigenvalue weighted by Gasteiger charge is -0.837. The van der Waals surface area contributed by atoms with Crippen LogP contribution in [0.1, 0.15) is 0 Å². The van der Waals surface area contributed by atoms with E-state index in [0.29, 0.717) is 0 Å². The summed E-state index contributed by atoms with van der Waals surface area (Å²) in [5.74, 6) is 0. The van der Waals surface area contributed by atoms with Crippen LogP contribution < -0.4 is 0 Å². The molecule has 0 heterocycles. The molecule has 0 N–H and O–H groups in total. The SMILES string of the molecule is C=O.Cl.Cl. The van der Waals surface area contributed by atoms with Gasteiger partial charge in [0.05, 0.1) is 0 Å². The van der Waals surface area contributed by atoms with Crippen molar-refractivity contribution < 1.29 is 4.79 Å². The number of carbonyl (C=O) groups excluding carboxylic acids is 1. The normalized spacial score (nSPS) is 1.00. The van der Waals surface area contributed by atoms with Crippen molar-refractivity contribution >= 4 is 31.6 Å². The van der Waals surface area contributed by atoms with Crippen molar-refractivity contribution in [2.75, 3.05) is 0 Å². The Morgan fingerprint density at radius 3 is 1.00 bits per heavy atom. The summed E-state index contributed by atoms with van der Waals surface area (Å²) in [4.78, 5) is 8.00. The van der Waals surface area contributed by atoms with Crippen LogP contribution in [0.25, 0.3) is 0 Å². The topological polar surface area (TPSA) is 17.1 Å². The molecule has 0 atom stereocenters. The van der Waals surface area contributed by atoms with Gasteiger partial charge < -0.3 is 4.79 Å². The lowest BCUT2D eigenvalue weighted by atomic mass is 11.9. The Morgan fingerprint density at radius 2 is 1.00 bits per heavy atom. The molecule has 0 bridgehead atoms. The minimum Gasteiger partial charge on any atom is -0.307 e. The van der Waals surface area contributed by atoms with Gasteiger partial charge in [-0.1, -0.05) is 0 Å². The van der Waals surface area contributed by atoms with Crippen LogP contribution in [0.3, 0.4) is 0 Å². The highest BCUT2D eigenvalue weighted by molar-refractivity contribution is 5.85. The molecule has 0 fully saturated rings. The Balaban J connectivity index is -0.00000000500. The quantitative estimate of drug-likeness (QED) is 0.440. The summed E-state index contributed by atoms with van der Waals surface area (Å²) in [5, 5.41) is 0. The third-order valence-electron chi connectivity index (χ3n) is 0. The van der Waals surface area contributed by atoms with Crippen LogP contribution in [-0.4, -0.2) is 6.79 Å². The maximum absolute atomic E-state index is 8.00. The van der Waals surface area contributed by atoms with Crippen molar-refractivity contribution in [1.29, 1.82) is 0 Å². The molecule has 0 spiro atoms. The molecule has 4 heavy (non-hydrogen) atoms. The molecule has 1 nitrogen and oxygen atoms in total. The minimum atomic E-state index is 0. The summed E-state index contributed by atoms with van der Waals surface area (Å²) in [5.41, 5.74) is 0. The number of halogens is 2. The lowest BCUT2D eigenvalue weighted by molar-refractivity contribution is -0.0979. The van der Waals surface area contributed by atoms with Gasteiger partial charge in [0.25, 0.3) is 0 Å². The van der Waals surface area contributed by atoms with Gasteiger partial charge in [0, 0.05) is 0 Å². The van der Waals surface area contributed by atoms with Gasteiger partial charge in [-0.05, 0) is 0 Å². The van der Waals surface area contributed by atoms with Crippen LogP contribution >= 0.6 is 24.8 Å². The first-order valence-electron chi connectivity index (χ1n) is 0.289. The smallest absolute Gasteiger partial charge is 0.106 e. The first-order valence-corrected chi connectivity index (χ1v) is 0.289. The van der Waals surface area contributed by atoms with Gasteiger partial charge in [0.2, 0.25) is 0 Å². The molecule has 0 aromatic carbocycles. The van der Waals surface area contributed by atoms with Gasteiger partial charge in [-0.3, -0.25) is 0 Å². The van der Waals surface area contributed by atoms with E-state index in [1.807, 2.05) is 6.79 Å². The van der Waals surface area contributed by atoms with Gasteiger partial charge in [-0.15, -0.1) is 24.8 Å². The first kappa shape index (κ1) is 28.7. The molecule has 28 valence electrons. The first-order chi connectivity index (χ1) is 1.00. The van der Waals surface area contributed by atoms with E-state index in [-0.39, 0.29) is 24.8 Å². The average Bonchev–Trinajstić information content (AvgIpc) is 1.00. The van der Waals surface area contributed by atoms with E-state index < -0.39 is 0 Å². The molecule has 3 heteroatoms. The maximum Gasteiger partial charge on any atom is 0.106 e. The third kappa shape index (κ3) is 56.3. The Hall–Kier alpha value is 0.250. The second-order valence-electron chi connectivity index (χ2n) is 0. The van der Waals surface area contributed by atoms with E-state index in [1.54, 1.807) is 0 Å². The zero-order valence-corrected chi connectivity index (χ0v) is 3.56. The predicted octanol–water partition coefficient (Wildman–Crippen LogP) is 0.659. The van der Waals surface area contributed by atoms with Crippen LogP contribution in [0.15, 0.2) is 0 Å². The Morgan fingerprint density at radius 1 is 1.00 bits per heavy atom. The Bertz CT molecular complexity index is 6.00. The highest BCUT2D eigenvalue weighted by Crippen LogP contribution is 0.691. The molecular formula is CH4Cl2O. The zero-order valence-electron chi connectivity index (χ0n) is 1.93. The standard InChI is InChI=1S/CH2O.2ClH/c1-2;;/h1H2;2*1H. The van der Waals surface area contributed by atoms with Crippen molar-refractivity contribution in [2.45, 2.75) is 0 Å². The summed E-state index contributed by atoms with van der Waals surface area (Å²) < 4.78 is 0. The lowest BCUT2D eigenvalue weighted by Crippen LogP contribution is -0.925. The van der Waals surface area contributed by atoms with Crippen LogP contribution in [-0.2, 0) is 4.79 Å². The predicted molar refractivity (Wildman–Crippen MR) is 21.6 cm³/mol. The molecule has 0 rings (SSSR count). The maximum atomic E-state index is 8.00. The summed E-state index contributed by atoms with van der Waals surface area (Å²) in [6.07, 6.45) is 0. The van der Waals surface area contributed by atoms with E-state index >= 15 is 0 Å². The van der Waals surface area contributed by atoms with Crippen LogP contribution in [0.5, 0.6) is 0 Å². The number of carbonyl (C=O) groups is 1. The number of rotatable bonds is 0. The van der Waals surface area contributed by atoms with E-state index in [4.69, 9.17) is 4.79 Å². The van der Waals surface area contributed by atoms with Crippen LogP contribution in [0.2, 0.25) is 0 Å². The molecule has 0 aromatic heterocycles. The summed E-state index contributed by atoms with van der Waals surface area (Å²) in [6.45, 7) is 2.00. The molecular weight excluding hydrogens is 98.9 g/mol. The van der Waals surface area contributed by atoms with Gasteiger partial charge in [0.1, 0.15) is 6.79 Å². The summed E-state index contributed by atoms with van der Waals surface area (Å²) in [7, 11) is 0. The van der Waals surface area contributed by atoms with E-state index in [2.05, 4.69) is 0 Å². The number of hydrogen-bond donors (Lipinski definition) is 0. The minimum absolute atomic E-state index is 0. The fourth-order valence-electron chi connectivity index (χ4n) is 0. The summed E-state index contributed by atoms with van der Waals surface area (Å²) in [6, 6.07) is 0. The molecule has 0 aliphatic rings.